The molecule has 8 heteroatoms. The Morgan fingerprint density at radius 3 is 2.42 bits per heavy atom. The normalized spacial score (nSPS) is 34.2. The minimum absolute atomic E-state index is 0.00645. The molecule has 2 fully saturated rings. The van der Waals surface area contributed by atoms with Gasteiger partial charge in [-0.05, 0) is 106 Å². The van der Waals surface area contributed by atoms with Crippen LogP contribution in [-0.4, -0.2) is 59.3 Å². The highest BCUT2D eigenvalue weighted by Gasteiger charge is 2.69. The zero-order valence-electron chi connectivity index (χ0n) is 32.3. The summed E-state index contributed by atoms with van der Waals surface area (Å²) in [5.41, 5.74) is 0.514. The van der Waals surface area contributed by atoms with Gasteiger partial charge in [-0.2, -0.15) is 0 Å². The number of aliphatic hydroxyl groups is 1. The van der Waals surface area contributed by atoms with Crippen LogP contribution in [0.4, 0.5) is 0 Å². The highest BCUT2D eigenvalue weighted by Crippen LogP contribution is 2.66. The largest absolute Gasteiger partial charge is 0.493 e. The number of fused-ring (bicyclic) bond motifs is 2. The van der Waals surface area contributed by atoms with Crippen molar-refractivity contribution in [2.45, 2.75) is 116 Å². The van der Waals surface area contributed by atoms with Crippen LogP contribution in [-0.2, 0) is 36.6 Å². The summed E-state index contributed by atoms with van der Waals surface area (Å²) in [6.45, 7) is 20.4. The Morgan fingerprint density at radius 1 is 1.06 bits per heavy atom. The number of methoxy groups -OCH3 is 1. The molecule has 1 spiro atoms. The highest BCUT2D eigenvalue weighted by atomic mass is 16.7. The molecule has 8 nitrogen and oxygen atoms in total. The second kappa shape index (κ2) is 13.6. The van der Waals surface area contributed by atoms with Gasteiger partial charge in [-0.15, -0.1) is 0 Å². The van der Waals surface area contributed by atoms with E-state index < -0.39 is 39.9 Å². The molecule has 2 saturated heterocycles. The topological polar surface area (TPSA) is 101 Å². The molecule has 0 unspecified atom stereocenters. The SMILES string of the molecule is C=C(C)[C@@]1(C)C[C@@H](C)[C@@]23C[C@](Cc4ccccc4)(O[C@@H](C)[C@@H]2C=C(COC(=O)Cc2ccc(OC(C)(C)C)c(OC)c2)C[C@]2(O)C(=O)C(C)=C[C@@H]32)O1. The van der Waals surface area contributed by atoms with Gasteiger partial charge in [0.25, 0.3) is 0 Å². The summed E-state index contributed by atoms with van der Waals surface area (Å²) in [6, 6.07) is 15.6. The van der Waals surface area contributed by atoms with Gasteiger partial charge in [0, 0.05) is 31.1 Å². The van der Waals surface area contributed by atoms with Crippen LogP contribution < -0.4 is 9.47 Å². The number of esters is 1. The fourth-order valence-electron chi connectivity index (χ4n) is 9.61. The van der Waals surface area contributed by atoms with Gasteiger partial charge in [-0.3, -0.25) is 9.59 Å². The third kappa shape index (κ3) is 6.90. The molecule has 2 aliphatic carbocycles. The lowest BCUT2D eigenvalue weighted by Gasteiger charge is -2.58. The minimum atomic E-state index is -1.71. The van der Waals surface area contributed by atoms with Gasteiger partial charge < -0.3 is 28.8 Å². The lowest BCUT2D eigenvalue weighted by molar-refractivity contribution is -0.332. The van der Waals surface area contributed by atoms with Gasteiger partial charge in [0.05, 0.1) is 25.2 Å². The summed E-state index contributed by atoms with van der Waals surface area (Å²) in [5.74, 6) is -1.33. The molecule has 0 radical (unpaired) electrons. The molecular weight excluding hydrogens is 656 g/mol. The molecule has 2 aromatic rings. The van der Waals surface area contributed by atoms with Crippen molar-refractivity contribution in [3.05, 3.63) is 95.1 Å². The first kappa shape index (κ1) is 38.0. The first-order chi connectivity index (χ1) is 24.3. The van der Waals surface area contributed by atoms with Crippen molar-refractivity contribution in [1.29, 1.82) is 0 Å². The molecule has 0 aromatic heterocycles. The molecule has 280 valence electrons. The fourth-order valence-corrected chi connectivity index (χ4v) is 9.61. The maximum atomic E-state index is 14.1. The van der Waals surface area contributed by atoms with Crippen LogP contribution in [0.15, 0.2) is 84.0 Å². The van der Waals surface area contributed by atoms with Crippen LogP contribution in [0.1, 0.15) is 85.8 Å². The Balaban J connectivity index is 1.35. The second-order valence-electron chi connectivity index (χ2n) is 17.0. The smallest absolute Gasteiger partial charge is 0.310 e. The quantitative estimate of drug-likeness (QED) is 0.207. The number of carbonyl (C=O) groups excluding carboxylic acids is 2. The molecule has 2 aliphatic heterocycles. The summed E-state index contributed by atoms with van der Waals surface area (Å²) in [4.78, 5) is 27.4. The average Bonchev–Trinajstić information content (AvgIpc) is 3.16. The zero-order chi connectivity index (χ0) is 37.9. The first-order valence-electron chi connectivity index (χ1n) is 18.6. The summed E-state index contributed by atoms with van der Waals surface area (Å²) >= 11 is 0. The van der Waals surface area contributed by atoms with Crippen LogP contribution in [0.2, 0.25) is 0 Å². The Hall–Kier alpha value is -3.72. The van der Waals surface area contributed by atoms with Crippen molar-refractivity contribution in [3.8, 4) is 11.5 Å². The van der Waals surface area contributed by atoms with Gasteiger partial charge in [0.15, 0.2) is 23.1 Å². The Labute approximate surface area is 309 Å². The number of benzene rings is 2. The third-order valence-electron chi connectivity index (χ3n) is 11.9. The van der Waals surface area contributed by atoms with Crippen molar-refractivity contribution in [2.75, 3.05) is 13.7 Å². The van der Waals surface area contributed by atoms with E-state index in [0.717, 1.165) is 16.7 Å². The van der Waals surface area contributed by atoms with E-state index in [2.05, 4.69) is 45.6 Å². The molecule has 4 aliphatic rings. The van der Waals surface area contributed by atoms with Crippen molar-refractivity contribution in [2.24, 2.45) is 23.2 Å². The van der Waals surface area contributed by atoms with E-state index in [1.807, 2.05) is 58.0 Å². The van der Waals surface area contributed by atoms with Crippen molar-refractivity contribution in [3.63, 3.8) is 0 Å². The number of carbonyl (C=O) groups is 2. The molecular formula is C44H56O8. The van der Waals surface area contributed by atoms with Gasteiger partial charge in [0.2, 0.25) is 0 Å². The second-order valence-corrected chi connectivity index (χ2v) is 17.0. The molecule has 0 amide bonds. The summed E-state index contributed by atoms with van der Waals surface area (Å²) in [5, 5.41) is 12.7. The minimum Gasteiger partial charge on any atom is -0.493 e. The van der Waals surface area contributed by atoms with Gasteiger partial charge in [-0.1, -0.05) is 62.1 Å². The monoisotopic (exact) mass is 712 g/mol. The molecule has 2 heterocycles. The fraction of sp³-hybridized carbons (Fsp3) is 0.545. The average molecular weight is 713 g/mol. The van der Waals surface area contributed by atoms with Gasteiger partial charge in [0.1, 0.15) is 17.8 Å². The molecule has 52 heavy (non-hydrogen) atoms. The first-order valence-corrected chi connectivity index (χ1v) is 18.6. The van der Waals surface area contributed by atoms with Crippen LogP contribution in [0.3, 0.4) is 0 Å². The van der Waals surface area contributed by atoms with Crippen molar-refractivity contribution in [1.82, 2.24) is 0 Å². The van der Waals surface area contributed by atoms with E-state index in [-0.39, 0.29) is 43.2 Å². The summed E-state index contributed by atoms with van der Waals surface area (Å²) in [6.07, 6.45) is 5.50. The molecule has 2 aromatic carbocycles. The van der Waals surface area contributed by atoms with E-state index in [9.17, 15) is 14.7 Å². The number of Topliss-reactive ketones (excluding diaryl/α,β-unsaturated/α-hetero) is 1. The van der Waals surface area contributed by atoms with E-state index in [4.69, 9.17) is 23.7 Å². The van der Waals surface area contributed by atoms with Crippen LogP contribution >= 0.6 is 0 Å². The molecule has 2 bridgehead atoms. The van der Waals surface area contributed by atoms with E-state index in [1.165, 1.54) is 0 Å². The predicted octanol–water partition coefficient (Wildman–Crippen LogP) is 7.91. The molecule has 1 N–H and O–H groups in total. The summed E-state index contributed by atoms with van der Waals surface area (Å²) < 4.78 is 31.7. The summed E-state index contributed by atoms with van der Waals surface area (Å²) in [7, 11) is 1.57. The van der Waals surface area contributed by atoms with E-state index in [0.29, 0.717) is 41.9 Å². The number of ether oxygens (including phenoxy) is 5. The lowest BCUT2D eigenvalue weighted by Crippen LogP contribution is -2.62. The van der Waals surface area contributed by atoms with E-state index in [1.54, 1.807) is 26.2 Å². The molecule has 8 atom stereocenters. The maximum Gasteiger partial charge on any atom is 0.310 e. The lowest BCUT2D eigenvalue weighted by atomic mass is 9.51. The molecule has 0 saturated carbocycles. The van der Waals surface area contributed by atoms with Gasteiger partial charge in [-0.25, -0.2) is 0 Å². The number of hydrogen-bond donors (Lipinski definition) is 1. The Morgan fingerprint density at radius 2 is 1.77 bits per heavy atom. The third-order valence-corrected chi connectivity index (χ3v) is 11.9. The predicted molar refractivity (Wildman–Crippen MR) is 200 cm³/mol. The zero-order valence-corrected chi connectivity index (χ0v) is 32.3. The number of rotatable bonds is 9. The number of ketones is 1. The van der Waals surface area contributed by atoms with Crippen molar-refractivity contribution >= 4 is 11.8 Å². The van der Waals surface area contributed by atoms with Gasteiger partial charge >= 0.3 is 5.97 Å². The Bertz CT molecular complexity index is 1790. The van der Waals surface area contributed by atoms with Crippen molar-refractivity contribution < 1.29 is 38.4 Å². The standard InChI is InChI=1S/C44H56O8/c1-27(2)41(9)22-29(4)43-26-42(52-41,23-31-14-12-11-13-15-31)50-30(5)34(43)19-33(24-44(47)37(43)18-28(3)39(44)46)25-49-38(45)21-32-16-17-35(36(20-32)48-10)51-40(6,7)8/h11-20,29-30,34,37,47H,1,21-26H2,2-10H3/t29-,30+,34+,37+,41-,42-,43+,44-/m1/s1. The highest BCUT2D eigenvalue weighted by molar-refractivity contribution is 6.04. The maximum absolute atomic E-state index is 14.1. The van der Waals surface area contributed by atoms with E-state index >= 15 is 0 Å². The van der Waals surface area contributed by atoms with Crippen LogP contribution in [0, 0.1) is 23.2 Å². The number of hydrogen-bond acceptors (Lipinski definition) is 8. The Kier molecular flexibility index (Phi) is 9.95. The van der Waals surface area contributed by atoms with Crippen LogP contribution in [0.25, 0.3) is 0 Å². The van der Waals surface area contributed by atoms with Crippen LogP contribution in [0.5, 0.6) is 11.5 Å². The molecule has 6 rings (SSSR count).